The Labute approximate surface area is 131 Å². The number of rotatable bonds is 3. The van der Waals surface area contributed by atoms with Crippen LogP contribution >= 0.6 is 0 Å². The minimum absolute atomic E-state index is 0.256. The van der Waals surface area contributed by atoms with E-state index in [-0.39, 0.29) is 5.75 Å². The van der Waals surface area contributed by atoms with Gasteiger partial charge < -0.3 is 9.64 Å². The second-order valence-corrected chi connectivity index (χ2v) is 5.38. The standard InChI is InChI=1S/C16H16F3N3O/c17-16(18,19)23-13-6-4-5-12(9-13)14-10-15(21-11-20-14)22-7-2-1-3-8-22/h4-6,9-11H,1-3,7-8H2. The van der Waals surface area contributed by atoms with Gasteiger partial charge in [0.1, 0.15) is 17.9 Å². The highest BCUT2D eigenvalue weighted by atomic mass is 19.4. The largest absolute Gasteiger partial charge is 0.573 e. The third-order valence-corrected chi connectivity index (χ3v) is 3.70. The molecule has 0 spiro atoms. The van der Waals surface area contributed by atoms with Crippen LogP contribution in [0, 0.1) is 0 Å². The van der Waals surface area contributed by atoms with Crippen LogP contribution in [0.15, 0.2) is 36.7 Å². The summed E-state index contributed by atoms with van der Waals surface area (Å²) in [5.74, 6) is 0.546. The minimum Gasteiger partial charge on any atom is -0.406 e. The van der Waals surface area contributed by atoms with E-state index in [1.165, 1.54) is 30.9 Å². The maximum atomic E-state index is 12.3. The summed E-state index contributed by atoms with van der Waals surface area (Å²) in [4.78, 5) is 10.6. The summed E-state index contributed by atoms with van der Waals surface area (Å²) >= 11 is 0. The first-order chi connectivity index (χ1) is 11.0. The van der Waals surface area contributed by atoms with E-state index in [0.29, 0.717) is 11.3 Å². The average Bonchev–Trinajstić information content (AvgIpc) is 2.54. The first kappa shape index (κ1) is 15.6. The van der Waals surface area contributed by atoms with Crippen LogP contribution in [0.25, 0.3) is 11.3 Å². The second kappa shape index (κ2) is 6.44. The Balaban J connectivity index is 1.85. The van der Waals surface area contributed by atoms with E-state index in [1.807, 2.05) is 0 Å². The van der Waals surface area contributed by atoms with Gasteiger partial charge in [0.2, 0.25) is 0 Å². The lowest BCUT2D eigenvalue weighted by Crippen LogP contribution is -2.30. The van der Waals surface area contributed by atoms with Crippen molar-refractivity contribution in [1.82, 2.24) is 9.97 Å². The molecule has 0 unspecified atom stereocenters. The number of halogens is 3. The SMILES string of the molecule is FC(F)(F)Oc1cccc(-c2cc(N3CCCCC3)ncn2)c1. The van der Waals surface area contributed by atoms with Crippen molar-refractivity contribution in [3.63, 3.8) is 0 Å². The highest BCUT2D eigenvalue weighted by Gasteiger charge is 2.31. The van der Waals surface area contributed by atoms with Gasteiger partial charge in [-0.15, -0.1) is 13.2 Å². The highest BCUT2D eigenvalue weighted by Crippen LogP contribution is 2.28. The Kier molecular flexibility index (Phi) is 4.36. The predicted molar refractivity (Wildman–Crippen MR) is 80.2 cm³/mol. The smallest absolute Gasteiger partial charge is 0.406 e. The summed E-state index contributed by atoms with van der Waals surface area (Å²) in [7, 11) is 0. The van der Waals surface area contributed by atoms with Gasteiger partial charge in [-0.3, -0.25) is 0 Å². The third-order valence-electron chi connectivity index (χ3n) is 3.70. The van der Waals surface area contributed by atoms with Crippen molar-refractivity contribution in [3.05, 3.63) is 36.7 Å². The van der Waals surface area contributed by atoms with Gasteiger partial charge in [-0.1, -0.05) is 12.1 Å². The zero-order valence-corrected chi connectivity index (χ0v) is 12.4. The molecule has 1 aromatic heterocycles. The van der Waals surface area contributed by atoms with Gasteiger partial charge >= 0.3 is 6.36 Å². The third kappa shape index (κ3) is 4.12. The zero-order chi connectivity index (χ0) is 16.3. The van der Waals surface area contributed by atoms with Crippen LogP contribution in [0.2, 0.25) is 0 Å². The van der Waals surface area contributed by atoms with Crippen molar-refractivity contribution in [2.75, 3.05) is 18.0 Å². The van der Waals surface area contributed by atoms with Crippen LogP contribution < -0.4 is 9.64 Å². The summed E-state index contributed by atoms with van der Waals surface area (Å²) in [6.45, 7) is 1.88. The quantitative estimate of drug-likeness (QED) is 0.855. The van der Waals surface area contributed by atoms with E-state index >= 15 is 0 Å². The molecule has 23 heavy (non-hydrogen) atoms. The molecule has 3 rings (SSSR count). The second-order valence-electron chi connectivity index (χ2n) is 5.38. The fraction of sp³-hybridized carbons (Fsp3) is 0.375. The van der Waals surface area contributed by atoms with Gasteiger partial charge in [0.25, 0.3) is 0 Å². The van der Waals surface area contributed by atoms with Crippen molar-refractivity contribution >= 4 is 5.82 Å². The first-order valence-corrected chi connectivity index (χ1v) is 7.44. The summed E-state index contributed by atoms with van der Waals surface area (Å²) in [6.07, 6.45) is 0.188. The molecule has 1 aliphatic heterocycles. The van der Waals surface area contributed by atoms with Crippen molar-refractivity contribution in [1.29, 1.82) is 0 Å². The molecule has 2 heterocycles. The van der Waals surface area contributed by atoms with E-state index in [2.05, 4.69) is 19.6 Å². The van der Waals surface area contributed by atoms with Crippen LogP contribution in [0.4, 0.5) is 19.0 Å². The van der Waals surface area contributed by atoms with Gasteiger partial charge in [-0.2, -0.15) is 0 Å². The number of nitrogens with zero attached hydrogens (tertiary/aromatic N) is 3. The molecule has 122 valence electrons. The lowest BCUT2D eigenvalue weighted by Gasteiger charge is -2.27. The fourth-order valence-corrected chi connectivity index (χ4v) is 2.65. The van der Waals surface area contributed by atoms with Gasteiger partial charge in [0, 0.05) is 24.7 Å². The van der Waals surface area contributed by atoms with E-state index < -0.39 is 6.36 Å². The summed E-state index contributed by atoms with van der Waals surface area (Å²) in [6, 6.07) is 7.61. The maximum Gasteiger partial charge on any atom is 0.573 e. The van der Waals surface area contributed by atoms with E-state index in [1.54, 1.807) is 12.1 Å². The monoisotopic (exact) mass is 323 g/mol. The van der Waals surface area contributed by atoms with Gasteiger partial charge in [-0.25, -0.2) is 9.97 Å². The lowest BCUT2D eigenvalue weighted by atomic mass is 10.1. The number of hydrogen-bond donors (Lipinski definition) is 0. The number of hydrogen-bond acceptors (Lipinski definition) is 4. The fourth-order valence-electron chi connectivity index (χ4n) is 2.65. The average molecular weight is 323 g/mol. The molecular weight excluding hydrogens is 307 g/mol. The van der Waals surface area contributed by atoms with Crippen LogP contribution in [-0.4, -0.2) is 29.4 Å². The van der Waals surface area contributed by atoms with Crippen LogP contribution in [-0.2, 0) is 0 Å². The molecule has 7 heteroatoms. The van der Waals surface area contributed by atoms with Crippen LogP contribution in [0.5, 0.6) is 5.75 Å². The Morgan fingerprint density at radius 3 is 2.52 bits per heavy atom. The number of ether oxygens (including phenoxy) is 1. The Bertz CT molecular complexity index is 670. The summed E-state index contributed by atoms with van der Waals surface area (Å²) in [5, 5.41) is 0. The van der Waals surface area contributed by atoms with E-state index in [0.717, 1.165) is 31.7 Å². The molecule has 1 fully saturated rings. The van der Waals surface area contributed by atoms with Gasteiger partial charge in [0.05, 0.1) is 5.69 Å². The van der Waals surface area contributed by atoms with Crippen molar-refractivity contribution in [2.24, 2.45) is 0 Å². The molecule has 0 saturated carbocycles. The highest BCUT2D eigenvalue weighted by molar-refractivity contribution is 5.64. The Hall–Kier alpha value is -2.31. The lowest BCUT2D eigenvalue weighted by molar-refractivity contribution is -0.274. The van der Waals surface area contributed by atoms with E-state index in [9.17, 15) is 13.2 Å². The van der Waals surface area contributed by atoms with Gasteiger partial charge in [-0.05, 0) is 31.4 Å². The Morgan fingerprint density at radius 1 is 1.00 bits per heavy atom. The molecule has 0 N–H and O–H groups in total. The number of alkyl halides is 3. The molecule has 2 aromatic rings. The number of benzene rings is 1. The molecule has 1 saturated heterocycles. The maximum absolute atomic E-state index is 12.3. The molecule has 0 radical (unpaired) electrons. The molecule has 0 bridgehead atoms. The molecule has 1 aliphatic rings. The van der Waals surface area contributed by atoms with Crippen LogP contribution in [0.3, 0.4) is 0 Å². The molecule has 1 aromatic carbocycles. The van der Waals surface area contributed by atoms with Crippen LogP contribution in [0.1, 0.15) is 19.3 Å². The predicted octanol–water partition coefficient (Wildman–Crippen LogP) is 4.03. The molecule has 4 nitrogen and oxygen atoms in total. The number of anilines is 1. The normalized spacial score (nSPS) is 15.5. The minimum atomic E-state index is -4.71. The van der Waals surface area contributed by atoms with Crippen molar-refractivity contribution < 1.29 is 17.9 Å². The van der Waals surface area contributed by atoms with Crippen molar-refractivity contribution in [3.8, 4) is 17.0 Å². The molecule has 0 aliphatic carbocycles. The summed E-state index contributed by atoms with van der Waals surface area (Å²) < 4.78 is 40.9. The molecule has 0 atom stereocenters. The topological polar surface area (TPSA) is 38.2 Å². The first-order valence-electron chi connectivity index (χ1n) is 7.44. The van der Waals surface area contributed by atoms with Crippen molar-refractivity contribution in [2.45, 2.75) is 25.6 Å². The number of piperidine rings is 1. The summed E-state index contributed by atoms with van der Waals surface area (Å²) in [5.41, 5.74) is 1.14. The Morgan fingerprint density at radius 2 is 1.78 bits per heavy atom. The number of aromatic nitrogens is 2. The molecular formula is C16H16F3N3O. The van der Waals surface area contributed by atoms with E-state index in [4.69, 9.17) is 0 Å². The van der Waals surface area contributed by atoms with Gasteiger partial charge in [0.15, 0.2) is 0 Å². The molecule has 0 amide bonds. The zero-order valence-electron chi connectivity index (χ0n) is 12.4.